The first-order valence-corrected chi connectivity index (χ1v) is 11.1. The lowest BCUT2D eigenvalue weighted by molar-refractivity contribution is -0.0214. The Morgan fingerprint density at radius 3 is 2.79 bits per heavy atom. The van der Waals surface area contributed by atoms with Crippen LogP contribution in [-0.2, 0) is 11.2 Å². The third-order valence-electron chi connectivity index (χ3n) is 6.34. The summed E-state index contributed by atoms with van der Waals surface area (Å²) in [5.41, 5.74) is 3.67. The number of pyridine rings is 1. The minimum atomic E-state index is -0.980. The number of amides is 2. The van der Waals surface area contributed by atoms with Gasteiger partial charge in [-0.3, -0.25) is 4.79 Å². The van der Waals surface area contributed by atoms with Crippen LogP contribution < -0.4 is 5.32 Å². The lowest BCUT2D eigenvalue weighted by Gasteiger charge is -2.31. The zero-order chi connectivity index (χ0) is 23.1. The molecule has 0 radical (unpaired) electrons. The Balaban J connectivity index is 1.57. The smallest absolute Gasteiger partial charge is 0.407 e. The van der Waals surface area contributed by atoms with Crippen molar-refractivity contribution in [2.45, 2.75) is 31.3 Å². The molecular formula is C24H25FN4O4. The van der Waals surface area contributed by atoms with Crippen LogP contribution >= 0.6 is 0 Å². The molecule has 2 aromatic heterocycles. The first-order chi connectivity index (χ1) is 15.9. The van der Waals surface area contributed by atoms with E-state index >= 15 is 4.39 Å². The molecule has 0 bridgehead atoms. The first kappa shape index (κ1) is 21.4. The predicted molar refractivity (Wildman–Crippen MR) is 119 cm³/mol. The molecule has 3 heterocycles. The average Bonchev–Trinajstić information content (AvgIpc) is 3.61. The number of morpholine rings is 1. The van der Waals surface area contributed by atoms with Crippen LogP contribution in [0.15, 0.2) is 36.5 Å². The second kappa shape index (κ2) is 8.47. The summed E-state index contributed by atoms with van der Waals surface area (Å²) in [6, 6.07) is 8.45. The predicted octanol–water partition coefficient (Wildman–Crippen LogP) is 3.30. The highest BCUT2D eigenvalue weighted by atomic mass is 19.1. The van der Waals surface area contributed by atoms with E-state index < -0.39 is 11.9 Å². The van der Waals surface area contributed by atoms with Gasteiger partial charge in [0.15, 0.2) is 0 Å². The Hall–Kier alpha value is -3.46. The summed E-state index contributed by atoms with van der Waals surface area (Å²) in [7, 11) is 1.50. The van der Waals surface area contributed by atoms with Crippen molar-refractivity contribution in [3.63, 3.8) is 0 Å². The maximum Gasteiger partial charge on any atom is 0.407 e. The van der Waals surface area contributed by atoms with Gasteiger partial charge in [0.1, 0.15) is 11.5 Å². The monoisotopic (exact) mass is 452 g/mol. The summed E-state index contributed by atoms with van der Waals surface area (Å²) in [5, 5.41) is 11.9. The molecule has 1 aliphatic heterocycles. The Labute approximate surface area is 190 Å². The van der Waals surface area contributed by atoms with E-state index in [9.17, 15) is 14.7 Å². The number of aromatic nitrogens is 2. The standard InChI is InChI=1S/C24H25FN4O4/c1-26-23(30)16-4-5-18(19(25)10-16)22-20(12-17-13-28(24(31)32)8-9-33-17)29-7-6-15(14-2-3-14)11-21(29)27-22/h4-7,10-11,14,17H,2-3,8-9,12-13H2,1H3,(H,26,30)(H,31,32). The van der Waals surface area contributed by atoms with Crippen molar-refractivity contribution in [1.29, 1.82) is 0 Å². The molecule has 0 spiro atoms. The molecule has 2 aliphatic rings. The molecule has 9 heteroatoms. The maximum atomic E-state index is 15.2. The summed E-state index contributed by atoms with van der Waals surface area (Å²) in [5.74, 6) is -0.359. The van der Waals surface area contributed by atoms with Crippen LogP contribution in [0.5, 0.6) is 0 Å². The Kier molecular flexibility index (Phi) is 5.49. The molecule has 1 unspecified atom stereocenters. The maximum absolute atomic E-state index is 15.2. The van der Waals surface area contributed by atoms with Crippen molar-refractivity contribution in [2.24, 2.45) is 0 Å². The number of imidazole rings is 1. The van der Waals surface area contributed by atoms with Gasteiger partial charge in [0, 0.05) is 37.3 Å². The van der Waals surface area contributed by atoms with Gasteiger partial charge in [-0.25, -0.2) is 14.2 Å². The topological polar surface area (TPSA) is 96.2 Å². The minimum Gasteiger partial charge on any atom is -0.465 e. The lowest BCUT2D eigenvalue weighted by atomic mass is 10.0. The third kappa shape index (κ3) is 4.16. The van der Waals surface area contributed by atoms with Gasteiger partial charge < -0.3 is 24.5 Å². The van der Waals surface area contributed by atoms with Crippen molar-refractivity contribution in [3.05, 3.63) is 59.2 Å². The fourth-order valence-electron chi connectivity index (χ4n) is 4.42. The van der Waals surface area contributed by atoms with Crippen LogP contribution in [0.3, 0.4) is 0 Å². The van der Waals surface area contributed by atoms with Crippen LogP contribution in [0.2, 0.25) is 0 Å². The van der Waals surface area contributed by atoms with Crippen molar-refractivity contribution < 1.29 is 23.8 Å². The Morgan fingerprint density at radius 2 is 2.09 bits per heavy atom. The van der Waals surface area contributed by atoms with E-state index in [1.807, 2.05) is 16.7 Å². The number of nitrogens with one attached hydrogen (secondary N) is 1. The Bertz CT molecular complexity index is 1240. The van der Waals surface area contributed by atoms with E-state index in [2.05, 4.69) is 11.4 Å². The second-order valence-electron chi connectivity index (χ2n) is 8.57. The molecule has 1 aromatic carbocycles. The van der Waals surface area contributed by atoms with Gasteiger partial charge in [-0.2, -0.15) is 0 Å². The number of carboxylic acid groups (broad SMARTS) is 1. The summed E-state index contributed by atoms with van der Waals surface area (Å²) in [4.78, 5) is 29.4. The number of fused-ring (bicyclic) bond motifs is 1. The molecule has 2 fully saturated rings. The lowest BCUT2D eigenvalue weighted by Crippen LogP contribution is -2.45. The number of benzene rings is 1. The number of rotatable bonds is 5. The van der Waals surface area contributed by atoms with Gasteiger partial charge in [-0.15, -0.1) is 0 Å². The van der Waals surface area contributed by atoms with Gasteiger partial charge in [0.25, 0.3) is 5.91 Å². The summed E-state index contributed by atoms with van der Waals surface area (Å²) >= 11 is 0. The highest BCUT2D eigenvalue weighted by molar-refractivity contribution is 5.94. The largest absolute Gasteiger partial charge is 0.465 e. The first-order valence-electron chi connectivity index (χ1n) is 11.1. The molecule has 5 rings (SSSR count). The quantitative estimate of drug-likeness (QED) is 0.619. The molecule has 3 aromatic rings. The highest BCUT2D eigenvalue weighted by Gasteiger charge is 2.29. The van der Waals surface area contributed by atoms with Gasteiger partial charge in [-0.05, 0) is 54.7 Å². The van der Waals surface area contributed by atoms with Gasteiger partial charge in [0.05, 0.1) is 30.6 Å². The van der Waals surface area contributed by atoms with Crippen LogP contribution in [0.4, 0.5) is 9.18 Å². The summed E-state index contributed by atoms with van der Waals surface area (Å²) < 4.78 is 22.9. The fraction of sp³-hybridized carbons (Fsp3) is 0.375. The molecule has 2 amide bonds. The average molecular weight is 452 g/mol. The van der Waals surface area contributed by atoms with E-state index in [0.717, 1.165) is 18.5 Å². The zero-order valence-corrected chi connectivity index (χ0v) is 18.3. The van der Waals surface area contributed by atoms with Crippen molar-refractivity contribution in [3.8, 4) is 11.3 Å². The van der Waals surface area contributed by atoms with Crippen molar-refractivity contribution in [1.82, 2.24) is 19.6 Å². The molecule has 8 nitrogen and oxygen atoms in total. The van der Waals surface area contributed by atoms with Crippen molar-refractivity contribution >= 4 is 17.6 Å². The van der Waals surface area contributed by atoms with Crippen LogP contribution in [0.1, 0.15) is 40.4 Å². The van der Waals surface area contributed by atoms with E-state index in [-0.39, 0.29) is 24.1 Å². The number of carbonyl (C=O) groups is 2. The molecule has 1 aliphatic carbocycles. The van der Waals surface area contributed by atoms with Crippen LogP contribution in [0, 0.1) is 5.82 Å². The number of hydrogen-bond donors (Lipinski definition) is 2. The fourth-order valence-corrected chi connectivity index (χ4v) is 4.42. The van der Waals surface area contributed by atoms with E-state index in [0.29, 0.717) is 42.4 Å². The number of halogens is 1. The molecular weight excluding hydrogens is 427 g/mol. The van der Waals surface area contributed by atoms with E-state index in [1.54, 1.807) is 12.1 Å². The van der Waals surface area contributed by atoms with Crippen LogP contribution in [-0.4, -0.2) is 64.2 Å². The third-order valence-corrected chi connectivity index (χ3v) is 6.34. The van der Waals surface area contributed by atoms with Crippen LogP contribution in [0.25, 0.3) is 16.9 Å². The van der Waals surface area contributed by atoms with Gasteiger partial charge in [0.2, 0.25) is 0 Å². The van der Waals surface area contributed by atoms with E-state index in [1.165, 1.54) is 23.6 Å². The van der Waals surface area contributed by atoms with Crippen molar-refractivity contribution in [2.75, 3.05) is 26.7 Å². The second-order valence-corrected chi connectivity index (χ2v) is 8.57. The Morgan fingerprint density at radius 1 is 1.27 bits per heavy atom. The van der Waals surface area contributed by atoms with Gasteiger partial charge >= 0.3 is 6.09 Å². The molecule has 2 N–H and O–H groups in total. The molecule has 1 saturated heterocycles. The SMILES string of the molecule is CNC(=O)c1ccc(-c2nc3cc(C4CC4)ccn3c2CC2CN(C(=O)O)CCO2)c(F)c1. The normalized spacial score (nSPS) is 18.5. The summed E-state index contributed by atoms with van der Waals surface area (Å²) in [6.45, 7) is 0.872. The van der Waals surface area contributed by atoms with E-state index in [4.69, 9.17) is 9.72 Å². The zero-order valence-electron chi connectivity index (χ0n) is 18.3. The molecule has 1 saturated carbocycles. The molecule has 33 heavy (non-hydrogen) atoms. The summed E-state index contributed by atoms with van der Waals surface area (Å²) in [6.07, 6.45) is 3.29. The number of carbonyl (C=O) groups excluding carboxylic acids is 1. The number of hydrogen-bond acceptors (Lipinski definition) is 4. The minimum absolute atomic E-state index is 0.229. The molecule has 1 atom stereocenters. The molecule has 172 valence electrons. The highest BCUT2D eigenvalue weighted by Crippen LogP contribution is 2.40. The van der Waals surface area contributed by atoms with Gasteiger partial charge in [-0.1, -0.05) is 0 Å². The number of nitrogens with zero attached hydrogens (tertiary/aromatic N) is 3. The number of ether oxygens (including phenoxy) is 1.